The van der Waals surface area contributed by atoms with Gasteiger partial charge in [-0.05, 0) is 43.4 Å². The topological polar surface area (TPSA) is 63.4 Å². The number of nitrogens with two attached hydrogens (primary N) is 1. The van der Waals surface area contributed by atoms with E-state index >= 15 is 0 Å². The summed E-state index contributed by atoms with van der Waals surface area (Å²) in [6.45, 7) is 0.652. The second kappa shape index (κ2) is 5.88. The SMILES string of the molecule is NC(=O)c1ccc(CN(C(=O)C2CCCC2)C2CC2)cc1. The van der Waals surface area contributed by atoms with Crippen LogP contribution in [0, 0.1) is 5.92 Å². The highest BCUT2D eigenvalue weighted by atomic mass is 16.2. The number of carbonyl (C=O) groups excluding carboxylic acids is 2. The van der Waals surface area contributed by atoms with Gasteiger partial charge in [0.05, 0.1) is 0 Å². The lowest BCUT2D eigenvalue weighted by molar-refractivity contribution is -0.136. The third-order valence-electron chi connectivity index (χ3n) is 4.57. The molecule has 2 fully saturated rings. The third kappa shape index (κ3) is 3.26. The Morgan fingerprint density at radius 2 is 1.67 bits per heavy atom. The van der Waals surface area contributed by atoms with Crippen LogP contribution in [-0.4, -0.2) is 22.8 Å². The Kier molecular flexibility index (Phi) is 3.95. The molecule has 4 heteroatoms. The highest BCUT2D eigenvalue weighted by molar-refractivity contribution is 5.92. The van der Waals surface area contributed by atoms with Crippen LogP contribution < -0.4 is 5.73 Å². The lowest BCUT2D eigenvalue weighted by Crippen LogP contribution is -2.36. The first-order valence-corrected chi connectivity index (χ1v) is 7.84. The zero-order valence-electron chi connectivity index (χ0n) is 12.3. The van der Waals surface area contributed by atoms with Crippen LogP contribution in [0.15, 0.2) is 24.3 Å². The van der Waals surface area contributed by atoms with Gasteiger partial charge in [-0.3, -0.25) is 9.59 Å². The molecule has 112 valence electrons. The zero-order valence-corrected chi connectivity index (χ0v) is 12.3. The molecular formula is C17H22N2O2. The van der Waals surface area contributed by atoms with Gasteiger partial charge in [-0.25, -0.2) is 0 Å². The average molecular weight is 286 g/mol. The molecule has 0 aromatic heterocycles. The molecule has 0 atom stereocenters. The first kappa shape index (κ1) is 14.1. The number of rotatable bonds is 5. The van der Waals surface area contributed by atoms with E-state index in [2.05, 4.69) is 4.90 Å². The van der Waals surface area contributed by atoms with Crippen LogP contribution in [0.4, 0.5) is 0 Å². The van der Waals surface area contributed by atoms with E-state index in [-0.39, 0.29) is 5.92 Å². The van der Waals surface area contributed by atoms with E-state index in [1.54, 1.807) is 12.1 Å². The largest absolute Gasteiger partial charge is 0.366 e. The van der Waals surface area contributed by atoms with Gasteiger partial charge in [-0.15, -0.1) is 0 Å². The van der Waals surface area contributed by atoms with Crippen molar-refractivity contribution in [3.63, 3.8) is 0 Å². The van der Waals surface area contributed by atoms with Crippen molar-refractivity contribution in [2.45, 2.75) is 51.1 Å². The van der Waals surface area contributed by atoms with Crippen LogP contribution in [0.2, 0.25) is 0 Å². The van der Waals surface area contributed by atoms with Gasteiger partial charge in [0.2, 0.25) is 11.8 Å². The minimum absolute atomic E-state index is 0.232. The average Bonchev–Trinajstić information content (AvgIpc) is 3.18. The fourth-order valence-corrected chi connectivity index (χ4v) is 3.15. The van der Waals surface area contributed by atoms with E-state index in [0.717, 1.165) is 31.2 Å². The summed E-state index contributed by atoms with van der Waals surface area (Å²) in [4.78, 5) is 25.8. The molecular weight excluding hydrogens is 264 g/mol. The van der Waals surface area contributed by atoms with Gasteiger partial charge in [0.1, 0.15) is 0 Å². The van der Waals surface area contributed by atoms with Gasteiger partial charge < -0.3 is 10.6 Å². The summed E-state index contributed by atoms with van der Waals surface area (Å²) in [5.41, 5.74) is 6.83. The highest BCUT2D eigenvalue weighted by Crippen LogP contribution is 2.33. The maximum absolute atomic E-state index is 12.7. The molecule has 0 bridgehead atoms. The van der Waals surface area contributed by atoms with Gasteiger partial charge in [-0.2, -0.15) is 0 Å². The Morgan fingerprint density at radius 1 is 1.05 bits per heavy atom. The maximum Gasteiger partial charge on any atom is 0.248 e. The molecule has 0 heterocycles. The van der Waals surface area contributed by atoms with Crippen LogP contribution in [0.3, 0.4) is 0 Å². The Labute approximate surface area is 125 Å². The number of hydrogen-bond donors (Lipinski definition) is 1. The van der Waals surface area contributed by atoms with Gasteiger partial charge >= 0.3 is 0 Å². The van der Waals surface area contributed by atoms with Crippen molar-refractivity contribution in [1.82, 2.24) is 4.90 Å². The Bertz CT molecular complexity index is 528. The third-order valence-corrected chi connectivity index (χ3v) is 4.57. The molecule has 1 aromatic rings. The van der Waals surface area contributed by atoms with Crippen molar-refractivity contribution >= 4 is 11.8 Å². The summed E-state index contributed by atoms with van der Waals surface area (Å²) in [6, 6.07) is 7.70. The molecule has 2 amide bonds. The Hall–Kier alpha value is -1.84. The van der Waals surface area contributed by atoms with Crippen LogP contribution >= 0.6 is 0 Å². The van der Waals surface area contributed by atoms with E-state index in [1.165, 1.54) is 12.8 Å². The first-order chi connectivity index (χ1) is 10.1. The molecule has 0 aliphatic heterocycles. The number of primary amides is 1. The molecule has 4 nitrogen and oxygen atoms in total. The van der Waals surface area contributed by atoms with E-state index in [1.807, 2.05) is 12.1 Å². The van der Waals surface area contributed by atoms with Gasteiger partial charge in [0.15, 0.2) is 0 Å². The second-order valence-electron chi connectivity index (χ2n) is 6.24. The normalized spacial score (nSPS) is 18.7. The highest BCUT2D eigenvalue weighted by Gasteiger charge is 2.36. The lowest BCUT2D eigenvalue weighted by Gasteiger charge is -2.25. The van der Waals surface area contributed by atoms with Crippen LogP contribution in [-0.2, 0) is 11.3 Å². The molecule has 2 N–H and O–H groups in total. The zero-order chi connectivity index (χ0) is 14.8. The number of carbonyl (C=O) groups is 2. The number of nitrogens with zero attached hydrogens (tertiary/aromatic N) is 1. The van der Waals surface area contributed by atoms with E-state index < -0.39 is 5.91 Å². The van der Waals surface area contributed by atoms with Crippen LogP contribution in [0.1, 0.15) is 54.4 Å². The van der Waals surface area contributed by atoms with E-state index in [0.29, 0.717) is 24.1 Å². The van der Waals surface area contributed by atoms with Crippen molar-refractivity contribution < 1.29 is 9.59 Å². The first-order valence-electron chi connectivity index (χ1n) is 7.84. The lowest BCUT2D eigenvalue weighted by atomic mass is 10.1. The number of amides is 2. The molecule has 0 radical (unpaired) electrons. The van der Waals surface area contributed by atoms with Crippen LogP contribution in [0.25, 0.3) is 0 Å². The fraction of sp³-hybridized carbons (Fsp3) is 0.529. The summed E-state index contributed by atoms with van der Waals surface area (Å²) < 4.78 is 0. The minimum Gasteiger partial charge on any atom is -0.366 e. The molecule has 1 aromatic carbocycles. The standard InChI is InChI=1S/C17H22N2O2/c18-16(20)13-7-5-12(6-8-13)11-19(15-9-10-15)17(21)14-3-1-2-4-14/h5-8,14-15H,1-4,9-11H2,(H2,18,20). The number of hydrogen-bond acceptors (Lipinski definition) is 2. The van der Waals surface area contributed by atoms with Crippen molar-refractivity contribution in [1.29, 1.82) is 0 Å². The number of benzene rings is 1. The maximum atomic E-state index is 12.7. The predicted molar refractivity (Wildman–Crippen MR) is 80.5 cm³/mol. The molecule has 2 saturated carbocycles. The molecule has 2 aliphatic rings. The predicted octanol–water partition coefficient (Wildman–Crippen LogP) is 2.47. The van der Waals surface area contributed by atoms with E-state index in [4.69, 9.17) is 5.73 Å². The summed E-state index contributed by atoms with van der Waals surface area (Å²) >= 11 is 0. The van der Waals surface area contributed by atoms with Crippen molar-refractivity contribution in [2.24, 2.45) is 11.7 Å². The second-order valence-corrected chi connectivity index (χ2v) is 6.24. The summed E-state index contributed by atoms with van der Waals surface area (Å²) in [7, 11) is 0. The monoisotopic (exact) mass is 286 g/mol. The molecule has 0 unspecified atom stereocenters. The summed E-state index contributed by atoms with van der Waals surface area (Å²) in [5.74, 6) is 0.145. The molecule has 2 aliphatic carbocycles. The molecule has 0 spiro atoms. The quantitative estimate of drug-likeness (QED) is 0.903. The van der Waals surface area contributed by atoms with Crippen molar-refractivity contribution in [2.75, 3.05) is 0 Å². The van der Waals surface area contributed by atoms with Crippen molar-refractivity contribution in [3.05, 3.63) is 35.4 Å². The van der Waals surface area contributed by atoms with Crippen molar-refractivity contribution in [3.8, 4) is 0 Å². The van der Waals surface area contributed by atoms with Gasteiger partial charge in [0, 0.05) is 24.1 Å². The van der Waals surface area contributed by atoms with E-state index in [9.17, 15) is 9.59 Å². The molecule has 21 heavy (non-hydrogen) atoms. The molecule has 3 rings (SSSR count). The fourth-order valence-electron chi connectivity index (χ4n) is 3.15. The molecule has 0 saturated heterocycles. The summed E-state index contributed by atoms with van der Waals surface area (Å²) in [5, 5.41) is 0. The van der Waals surface area contributed by atoms with Crippen LogP contribution in [0.5, 0.6) is 0 Å². The smallest absolute Gasteiger partial charge is 0.248 e. The Balaban J connectivity index is 1.70. The summed E-state index contributed by atoms with van der Waals surface area (Å²) in [6.07, 6.45) is 6.70. The van der Waals surface area contributed by atoms with Gasteiger partial charge in [0.25, 0.3) is 0 Å². The Morgan fingerprint density at radius 3 is 2.19 bits per heavy atom. The minimum atomic E-state index is -0.414. The van der Waals surface area contributed by atoms with Gasteiger partial charge in [-0.1, -0.05) is 25.0 Å².